The molecule has 2 N–H and O–H groups in total. The van der Waals surface area contributed by atoms with Crippen LogP contribution in [-0.4, -0.2) is 28.3 Å². The smallest absolute Gasteiger partial charge is 0.332 e. The number of urea groups is 1. The number of methoxy groups -OCH3 is 1. The predicted octanol–water partition coefficient (Wildman–Crippen LogP) is 5.31. The molecule has 10 heteroatoms. The zero-order valence-corrected chi connectivity index (χ0v) is 19.1. The van der Waals surface area contributed by atoms with Crippen molar-refractivity contribution in [3.8, 4) is 5.75 Å². The lowest BCUT2D eigenvalue weighted by Crippen LogP contribution is -2.38. The molecule has 174 valence electrons. The number of rotatable bonds is 8. The van der Waals surface area contributed by atoms with Gasteiger partial charge in [-0.2, -0.15) is 0 Å². The van der Waals surface area contributed by atoms with E-state index < -0.39 is 22.9 Å². The molecule has 0 heterocycles. The Labute approximate surface area is 201 Å². The van der Waals surface area contributed by atoms with Gasteiger partial charge in [-0.05, 0) is 29.3 Å². The first-order valence-corrected chi connectivity index (χ1v) is 10.4. The second-order valence-electron chi connectivity index (χ2n) is 7.05. The first-order valence-electron chi connectivity index (χ1n) is 10.0. The highest BCUT2D eigenvalue weighted by molar-refractivity contribution is 7.78. The summed E-state index contributed by atoms with van der Waals surface area (Å²) in [5, 5.41) is 16.4. The van der Waals surface area contributed by atoms with Gasteiger partial charge < -0.3 is 15.4 Å². The molecule has 1 atom stereocenters. The van der Waals surface area contributed by atoms with Crippen LogP contribution in [0.3, 0.4) is 0 Å². The van der Waals surface area contributed by atoms with Crippen molar-refractivity contribution in [1.82, 2.24) is 4.31 Å². The highest BCUT2D eigenvalue weighted by Gasteiger charge is 2.30. The summed E-state index contributed by atoms with van der Waals surface area (Å²) in [5.74, 6) is -0.294. The number of carbonyl (C=O) groups excluding carboxylic acids is 2. The molecular weight excluding hydrogens is 456 g/mol. The molecule has 3 aromatic rings. The Morgan fingerprint density at radius 2 is 1.76 bits per heavy atom. The molecule has 0 bridgehead atoms. The summed E-state index contributed by atoms with van der Waals surface area (Å²) in [6, 6.07) is 17.5. The molecule has 9 nitrogen and oxygen atoms in total. The summed E-state index contributed by atoms with van der Waals surface area (Å²) in [6.07, 6.45) is 1.68. The summed E-state index contributed by atoms with van der Waals surface area (Å²) in [6.45, 7) is 3.70. The fourth-order valence-corrected chi connectivity index (χ4v) is 3.44. The van der Waals surface area contributed by atoms with E-state index in [1.807, 2.05) is 0 Å². The normalized spacial score (nSPS) is 11.1. The largest absolute Gasteiger partial charge is 0.495 e. The lowest BCUT2D eigenvalue weighted by Gasteiger charge is -2.27. The minimum Gasteiger partial charge on any atom is -0.495 e. The van der Waals surface area contributed by atoms with Crippen LogP contribution in [-0.2, 0) is 4.79 Å². The van der Waals surface area contributed by atoms with Crippen molar-refractivity contribution in [3.05, 3.63) is 101 Å². The number of ether oxygens (including phenoxy) is 1. The zero-order valence-electron chi connectivity index (χ0n) is 18.2. The number of nitro groups is 1. The van der Waals surface area contributed by atoms with E-state index in [0.717, 1.165) is 15.9 Å². The molecule has 0 saturated heterocycles. The van der Waals surface area contributed by atoms with E-state index in [2.05, 4.69) is 30.0 Å². The summed E-state index contributed by atoms with van der Waals surface area (Å²) in [4.78, 5) is 36.8. The number of anilines is 2. The number of non-ortho nitro benzene ring substituents is 1. The van der Waals surface area contributed by atoms with Crippen LogP contribution in [0.5, 0.6) is 5.75 Å². The third-order valence-electron chi connectivity index (χ3n) is 4.87. The second-order valence-corrected chi connectivity index (χ2v) is 7.48. The molecule has 1 unspecified atom stereocenters. The standard InChI is InChI=1S/C24H22N4O5S/c1-3-16-9-11-18(12-10-16)25-23(29)22(17-7-5-4-6-8-17)27(34)24(30)26-20-15-19(28(31)32)13-14-21(20)33-2/h3-15,22,34H,1H2,2H3,(H,25,29)(H,26,30). The van der Waals surface area contributed by atoms with Crippen molar-refractivity contribution >= 4 is 47.9 Å². The summed E-state index contributed by atoms with van der Waals surface area (Å²) < 4.78 is 6.10. The Morgan fingerprint density at radius 1 is 1.09 bits per heavy atom. The van der Waals surface area contributed by atoms with E-state index in [0.29, 0.717) is 11.3 Å². The average molecular weight is 479 g/mol. The Kier molecular flexibility index (Phi) is 7.88. The predicted molar refractivity (Wildman–Crippen MR) is 134 cm³/mol. The number of thiol groups is 1. The van der Waals surface area contributed by atoms with Crippen LogP contribution >= 0.6 is 12.8 Å². The molecule has 0 radical (unpaired) electrons. The third-order valence-corrected chi connectivity index (χ3v) is 5.28. The Hall–Kier alpha value is -4.31. The van der Waals surface area contributed by atoms with E-state index in [1.54, 1.807) is 60.7 Å². The molecule has 34 heavy (non-hydrogen) atoms. The van der Waals surface area contributed by atoms with Gasteiger partial charge in [-0.3, -0.25) is 19.2 Å². The maximum absolute atomic E-state index is 13.2. The molecule has 0 spiro atoms. The van der Waals surface area contributed by atoms with Gasteiger partial charge in [0.2, 0.25) is 0 Å². The fourth-order valence-electron chi connectivity index (χ4n) is 3.15. The summed E-state index contributed by atoms with van der Waals surface area (Å²) >= 11 is 4.30. The van der Waals surface area contributed by atoms with E-state index >= 15 is 0 Å². The minimum absolute atomic E-state index is 0.0629. The molecule has 3 amide bonds. The first kappa shape index (κ1) is 24.3. The number of amides is 3. The molecule has 0 aromatic heterocycles. The minimum atomic E-state index is -1.12. The number of nitrogens with one attached hydrogen (secondary N) is 2. The van der Waals surface area contributed by atoms with Gasteiger partial charge in [0.05, 0.1) is 17.7 Å². The first-order chi connectivity index (χ1) is 16.3. The van der Waals surface area contributed by atoms with Crippen molar-refractivity contribution in [2.75, 3.05) is 17.7 Å². The van der Waals surface area contributed by atoms with Gasteiger partial charge in [0.1, 0.15) is 11.8 Å². The lowest BCUT2D eigenvalue weighted by molar-refractivity contribution is -0.384. The quantitative estimate of drug-likeness (QED) is 0.231. The van der Waals surface area contributed by atoms with Gasteiger partial charge >= 0.3 is 6.03 Å². The number of nitrogens with zero attached hydrogens (tertiary/aromatic N) is 2. The summed E-state index contributed by atoms with van der Waals surface area (Å²) in [5.41, 5.74) is 1.76. The van der Waals surface area contributed by atoms with E-state index in [9.17, 15) is 19.7 Å². The van der Waals surface area contributed by atoms with Crippen LogP contribution in [0, 0.1) is 10.1 Å². The Morgan fingerprint density at radius 3 is 2.35 bits per heavy atom. The van der Waals surface area contributed by atoms with Gasteiger partial charge in [-0.25, -0.2) is 4.79 Å². The van der Waals surface area contributed by atoms with Crippen molar-refractivity contribution in [2.24, 2.45) is 0 Å². The fraction of sp³-hybridized carbons (Fsp3) is 0.0833. The van der Waals surface area contributed by atoms with Gasteiger partial charge in [-0.15, -0.1) is 0 Å². The van der Waals surface area contributed by atoms with Gasteiger partial charge in [0.25, 0.3) is 11.6 Å². The monoisotopic (exact) mass is 478 g/mol. The second kappa shape index (κ2) is 11.0. The van der Waals surface area contributed by atoms with Crippen LogP contribution in [0.1, 0.15) is 17.2 Å². The third kappa shape index (κ3) is 5.73. The van der Waals surface area contributed by atoms with E-state index in [-0.39, 0.29) is 17.1 Å². The molecule has 3 aromatic carbocycles. The average Bonchev–Trinajstić information content (AvgIpc) is 2.85. The van der Waals surface area contributed by atoms with Crippen molar-refractivity contribution in [2.45, 2.75) is 6.04 Å². The molecule has 0 aliphatic rings. The Bertz CT molecular complexity index is 1200. The van der Waals surface area contributed by atoms with Crippen LogP contribution in [0.4, 0.5) is 21.9 Å². The molecule has 0 aliphatic carbocycles. The SMILES string of the molecule is C=Cc1ccc(NC(=O)C(c2ccccc2)N(S)C(=O)Nc2cc([N+](=O)[O-])ccc2OC)cc1. The van der Waals surface area contributed by atoms with Crippen LogP contribution in [0.25, 0.3) is 6.08 Å². The lowest BCUT2D eigenvalue weighted by atomic mass is 10.1. The van der Waals surface area contributed by atoms with E-state index in [4.69, 9.17) is 4.74 Å². The van der Waals surface area contributed by atoms with E-state index in [1.165, 1.54) is 19.2 Å². The topological polar surface area (TPSA) is 114 Å². The zero-order chi connectivity index (χ0) is 24.7. The van der Waals surface area contributed by atoms with Gasteiger partial charge in [-0.1, -0.05) is 67.9 Å². The van der Waals surface area contributed by atoms with Crippen molar-refractivity contribution < 1.29 is 19.2 Å². The highest BCUT2D eigenvalue weighted by atomic mass is 32.1. The molecular formula is C24H22N4O5S. The maximum atomic E-state index is 13.2. The number of nitro benzene ring substituents is 1. The van der Waals surface area contributed by atoms with Crippen LogP contribution in [0.15, 0.2) is 79.4 Å². The molecule has 0 saturated carbocycles. The number of hydrogen-bond donors (Lipinski definition) is 3. The van der Waals surface area contributed by atoms with Crippen LogP contribution < -0.4 is 15.4 Å². The van der Waals surface area contributed by atoms with Crippen molar-refractivity contribution in [3.63, 3.8) is 0 Å². The van der Waals surface area contributed by atoms with Crippen LogP contribution in [0.2, 0.25) is 0 Å². The number of carbonyl (C=O) groups is 2. The number of benzene rings is 3. The molecule has 3 rings (SSSR count). The molecule has 0 fully saturated rings. The Balaban J connectivity index is 1.88. The highest BCUT2D eigenvalue weighted by Crippen LogP contribution is 2.31. The number of hydrogen-bond acceptors (Lipinski definition) is 6. The van der Waals surface area contributed by atoms with Gasteiger partial charge in [0.15, 0.2) is 0 Å². The van der Waals surface area contributed by atoms with Crippen molar-refractivity contribution in [1.29, 1.82) is 0 Å². The van der Waals surface area contributed by atoms with Gasteiger partial charge in [0, 0.05) is 17.8 Å². The molecule has 0 aliphatic heterocycles. The maximum Gasteiger partial charge on any atom is 0.332 e. The summed E-state index contributed by atoms with van der Waals surface area (Å²) in [7, 11) is 1.37.